The lowest BCUT2D eigenvalue weighted by Gasteiger charge is -2.19. The number of Topliss-reactive ketones (excluding diaryl/α,β-unsaturated/α-hetero) is 1. The van der Waals surface area contributed by atoms with Gasteiger partial charge in [0.2, 0.25) is 5.95 Å². The summed E-state index contributed by atoms with van der Waals surface area (Å²) in [6.07, 6.45) is 6.39. The maximum atomic E-state index is 13.4. The largest absolute Gasteiger partial charge is 0.377 e. The van der Waals surface area contributed by atoms with E-state index in [1.807, 2.05) is 25.1 Å². The summed E-state index contributed by atoms with van der Waals surface area (Å²) in [5.41, 5.74) is 1.20. The Balaban J connectivity index is 1.22. The predicted molar refractivity (Wildman–Crippen MR) is 153 cm³/mol. The van der Waals surface area contributed by atoms with Crippen LogP contribution in [0.25, 0.3) is 22.4 Å². The summed E-state index contributed by atoms with van der Waals surface area (Å²) in [5, 5.41) is 3.23. The van der Waals surface area contributed by atoms with E-state index < -0.39 is 29.6 Å². The van der Waals surface area contributed by atoms with Gasteiger partial charge in [0.1, 0.15) is 12.4 Å². The number of nitrogens with one attached hydrogen (secondary N) is 1. The van der Waals surface area contributed by atoms with Crippen LogP contribution in [0.5, 0.6) is 0 Å². The summed E-state index contributed by atoms with van der Waals surface area (Å²) in [4.78, 5) is 58.7. The molecule has 0 bridgehead atoms. The molecule has 2 fully saturated rings. The molecule has 2 unspecified atom stereocenters. The molecule has 13 heteroatoms. The van der Waals surface area contributed by atoms with E-state index in [1.54, 1.807) is 17.0 Å². The topological polar surface area (TPSA) is 142 Å². The van der Waals surface area contributed by atoms with Crippen molar-refractivity contribution in [1.29, 1.82) is 0 Å². The first-order valence-electron chi connectivity index (χ1n) is 13.4. The Hall–Kier alpha value is -4.65. The number of aromatic nitrogens is 7. The fraction of sp³-hybridized carbons (Fsp3) is 0.393. The standard InChI is InChI=1S/C28H31N9O4/c1-16(17(2)37-15-31-25-24(37)26(39)36(28(40)34(25)3)13-21(38)14-41-4)32-23-7-5-6-22(33-23)20-9-29-27(30-10-20)35-11-18-8-19(18)12-35/h5-7,9-10,15,17-19H,1,8,11-14H2,2-4H3,(H,32,33)/t17-,18?,19?/m0/s1. The van der Waals surface area contributed by atoms with Crippen LogP contribution in [0.1, 0.15) is 19.4 Å². The summed E-state index contributed by atoms with van der Waals surface area (Å²) in [5.74, 6) is 2.52. The average molecular weight is 558 g/mol. The number of hydrogen-bond donors (Lipinski definition) is 1. The number of carbonyl (C=O) groups excluding carboxylic acids is 1. The van der Waals surface area contributed by atoms with Gasteiger partial charge in [0, 0.05) is 50.9 Å². The molecule has 0 spiro atoms. The highest BCUT2D eigenvalue weighted by molar-refractivity contribution is 5.80. The van der Waals surface area contributed by atoms with Crippen molar-refractivity contribution in [2.75, 3.05) is 37.0 Å². The van der Waals surface area contributed by atoms with E-state index >= 15 is 0 Å². The molecule has 5 heterocycles. The third kappa shape index (κ3) is 4.92. The number of nitrogens with zero attached hydrogens (tertiary/aromatic N) is 8. The molecule has 6 rings (SSSR count). The van der Waals surface area contributed by atoms with Gasteiger partial charge >= 0.3 is 5.69 Å². The first-order chi connectivity index (χ1) is 19.7. The van der Waals surface area contributed by atoms with E-state index in [4.69, 9.17) is 9.72 Å². The number of ketones is 1. The zero-order valence-electron chi connectivity index (χ0n) is 23.1. The lowest BCUT2D eigenvalue weighted by molar-refractivity contribution is -0.123. The Morgan fingerprint density at radius 1 is 1.17 bits per heavy atom. The Morgan fingerprint density at radius 3 is 2.61 bits per heavy atom. The number of imidazole rings is 1. The van der Waals surface area contributed by atoms with Crippen LogP contribution in [-0.4, -0.2) is 66.2 Å². The second-order valence-electron chi connectivity index (χ2n) is 10.7. The summed E-state index contributed by atoms with van der Waals surface area (Å²) >= 11 is 0. The van der Waals surface area contributed by atoms with E-state index in [-0.39, 0.29) is 17.8 Å². The average Bonchev–Trinajstić information content (AvgIpc) is 3.35. The number of pyridine rings is 1. The number of carbonyl (C=O) groups is 1. The molecule has 1 N–H and O–H groups in total. The predicted octanol–water partition coefficient (Wildman–Crippen LogP) is 1.61. The van der Waals surface area contributed by atoms with Crippen LogP contribution in [0.3, 0.4) is 0 Å². The van der Waals surface area contributed by atoms with Crippen molar-refractivity contribution >= 4 is 28.7 Å². The molecule has 2 aliphatic rings. The van der Waals surface area contributed by atoms with Crippen LogP contribution < -0.4 is 21.5 Å². The minimum absolute atomic E-state index is 0.182. The smallest absolute Gasteiger partial charge is 0.332 e. The minimum Gasteiger partial charge on any atom is -0.377 e. The molecular formula is C28H31N9O4. The summed E-state index contributed by atoms with van der Waals surface area (Å²) < 4.78 is 8.63. The minimum atomic E-state index is -0.628. The van der Waals surface area contributed by atoms with Gasteiger partial charge in [0.05, 0.1) is 24.6 Å². The van der Waals surface area contributed by atoms with Gasteiger partial charge in [0.25, 0.3) is 5.56 Å². The number of fused-ring (bicyclic) bond motifs is 2. The van der Waals surface area contributed by atoms with E-state index in [2.05, 4.69) is 31.7 Å². The van der Waals surface area contributed by atoms with Crippen LogP contribution >= 0.6 is 0 Å². The number of rotatable bonds is 10. The molecule has 4 aromatic rings. The molecule has 3 atom stereocenters. The van der Waals surface area contributed by atoms with Gasteiger partial charge in [0.15, 0.2) is 16.9 Å². The molecule has 41 heavy (non-hydrogen) atoms. The van der Waals surface area contributed by atoms with Gasteiger partial charge in [-0.3, -0.25) is 18.7 Å². The van der Waals surface area contributed by atoms with Crippen LogP contribution in [0, 0.1) is 11.8 Å². The molecule has 1 saturated heterocycles. The van der Waals surface area contributed by atoms with Crippen molar-refractivity contribution in [3.8, 4) is 11.3 Å². The third-order valence-electron chi connectivity index (χ3n) is 7.85. The highest BCUT2D eigenvalue weighted by Gasteiger charge is 2.45. The molecule has 0 amide bonds. The van der Waals surface area contributed by atoms with Crippen molar-refractivity contribution in [2.45, 2.75) is 25.9 Å². The molecule has 1 saturated carbocycles. The van der Waals surface area contributed by atoms with Gasteiger partial charge < -0.3 is 19.5 Å². The zero-order valence-corrected chi connectivity index (χ0v) is 23.1. The lowest BCUT2D eigenvalue weighted by atomic mass is 10.2. The number of ether oxygens (including phenoxy) is 1. The number of methoxy groups -OCH3 is 1. The van der Waals surface area contributed by atoms with Gasteiger partial charge in [-0.25, -0.2) is 24.7 Å². The number of hydrogen-bond acceptors (Lipinski definition) is 10. The fourth-order valence-corrected chi connectivity index (χ4v) is 5.39. The molecule has 4 aromatic heterocycles. The van der Waals surface area contributed by atoms with Crippen molar-refractivity contribution < 1.29 is 9.53 Å². The molecule has 212 valence electrons. The molecule has 13 nitrogen and oxygen atoms in total. The van der Waals surface area contributed by atoms with Crippen molar-refractivity contribution in [3.63, 3.8) is 0 Å². The van der Waals surface area contributed by atoms with Gasteiger partial charge in [-0.05, 0) is 37.3 Å². The Morgan fingerprint density at radius 2 is 1.90 bits per heavy atom. The first-order valence-corrected chi connectivity index (χ1v) is 13.4. The number of anilines is 2. The molecular weight excluding hydrogens is 526 g/mol. The molecule has 0 radical (unpaired) electrons. The quantitative estimate of drug-likeness (QED) is 0.306. The number of piperidine rings is 1. The first kappa shape index (κ1) is 26.6. The summed E-state index contributed by atoms with van der Waals surface area (Å²) in [6.45, 7) is 7.48. The molecule has 1 aliphatic carbocycles. The SMILES string of the molecule is C=C(Nc1cccc(-c2cnc(N3CC4CC4C3)nc2)n1)[C@H](C)n1cnc2c1c(=O)n(CC(=O)COC)c(=O)n2C. The second-order valence-corrected chi connectivity index (χ2v) is 10.7. The second kappa shape index (κ2) is 10.4. The van der Waals surface area contributed by atoms with Crippen molar-refractivity contribution in [3.05, 3.63) is 70.0 Å². The highest BCUT2D eigenvalue weighted by atomic mass is 16.5. The summed E-state index contributed by atoms with van der Waals surface area (Å²) in [6, 6.07) is 5.13. The van der Waals surface area contributed by atoms with Gasteiger partial charge in [-0.15, -0.1) is 0 Å². The van der Waals surface area contributed by atoms with Crippen LogP contribution in [0.15, 0.2) is 58.8 Å². The van der Waals surface area contributed by atoms with Crippen LogP contribution in [0.2, 0.25) is 0 Å². The molecule has 0 aromatic carbocycles. The van der Waals surface area contributed by atoms with E-state index in [0.717, 1.165) is 41.0 Å². The van der Waals surface area contributed by atoms with E-state index in [9.17, 15) is 14.4 Å². The van der Waals surface area contributed by atoms with Gasteiger partial charge in [-0.2, -0.15) is 0 Å². The van der Waals surface area contributed by atoms with E-state index in [0.29, 0.717) is 17.2 Å². The van der Waals surface area contributed by atoms with Crippen LogP contribution in [0.4, 0.5) is 11.8 Å². The Bertz CT molecular complexity index is 1760. The lowest BCUT2D eigenvalue weighted by Crippen LogP contribution is -2.42. The Labute approximate surface area is 235 Å². The maximum absolute atomic E-state index is 13.4. The number of aryl methyl sites for hydroxylation is 1. The number of allylic oxidation sites excluding steroid dienone is 1. The highest BCUT2D eigenvalue weighted by Crippen LogP contribution is 2.45. The molecule has 1 aliphatic heterocycles. The summed E-state index contributed by atoms with van der Waals surface area (Å²) in [7, 11) is 2.89. The van der Waals surface area contributed by atoms with E-state index in [1.165, 1.54) is 31.5 Å². The maximum Gasteiger partial charge on any atom is 0.332 e. The zero-order chi connectivity index (χ0) is 28.8. The van der Waals surface area contributed by atoms with Crippen molar-refractivity contribution in [1.82, 2.24) is 33.6 Å². The normalized spacial score (nSPS) is 18.4. The van der Waals surface area contributed by atoms with Crippen molar-refractivity contribution in [2.24, 2.45) is 18.9 Å². The fourth-order valence-electron chi connectivity index (χ4n) is 5.39. The monoisotopic (exact) mass is 557 g/mol. The van der Waals surface area contributed by atoms with Crippen LogP contribution in [-0.2, 0) is 23.1 Å². The third-order valence-corrected chi connectivity index (χ3v) is 7.85. The van der Waals surface area contributed by atoms with Gasteiger partial charge in [-0.1, -0.05) is 12.6 Å². The Kier molecular flexibility index (Phi) is 6.73.